The van der Waals surface area contributed by atoms with Crippen LogP contribution in [0.1, 0.15) is 36.1 Å². The average Bonchev–Trinajstić information content (AvgIpc) is 3.28. The highest BCUT2D eigenvalue weighted by atomic mass is 32.1. The second-order valence-electron chi connectivity index (χ2n) is 7.82. The largest absolute Gasteiger partial charge is 0.352 e. The molecule has 3 heterocycles. The van der Waals surface area contributed by atoms with Gasteiger partial charge in [-0.1, -0.05) is 54.6 Å². The molecule has 6 heteroatoms. The molecule has 5 nitrogen and oxygen atoms in total. The zero-order chi connectivity index (χ0) is 20.7. The average molecular weight is 416 g/mol. The van der Waals surface area contributed by atoms with Crippen LogP contribution in [-0.4, -0.2) is 27.3 Å². The first-order chi connectivity index (χ1) is 14.6. The third-order valence-corrected chi connectivity index (χ3v) is 6.90. The number of hydrazine groups is 1. The number of aromatic nitrogens is 1. The van der Waals surface area contributed by atoms with Crippen LogP contribution in [0.3, 0.4) is 0 Å². The van der Waals surface area contributed by atoms with Gasteiger partial charge in [0.15, 0.2) is 6.17 Å². The molecule has 3 aromatic rings. The Labute approximate surface area is 181 Å². The molecule has 0 radical (unpaired) electrons. The van der Waals surface area contributed by atoms with E-state index in [2.05, 4.69) is 60.5 Å². The topological polar surface area (TPSA) is 57.8 Å². The van der Waals surface area contributed by atoms with Crippen LogP contribution in [0, 0.1) is 0 Å². The van der Waals surface area contributed by atoms with Crippen LogP contribution in [0.2, 0.25) is 0 Å². The van der Waals surface area contributed by atoms with E-state index in [1.165, 1.54) is 11.1 Å². The number of nitrogens with zero attached hydrogens (tertiary/aromatic N) is 4. The summed E-state index contributed by atoms with van der Waals surface area (Å²) < 4.78 is 0. The summed E-state index contributed by atoms with van der Waals surface area (Å²) in [6.07, 6.45) is 0.733. The van der Waals surface area contributed by atoms with Gasteiger partial charge in [0, 0.05) is 35.3 Å². The summed E-state index contributed by atoms with van der Waals surface area (Å²) in [4.78, 5) is 12.4. The van der Waals surface area contributed by atoms with Gasteiger partial charge in [0.1, 0.15) is 10.8 Å². The maximum atomic E-state index is 6.48. The maximum Gasteiger partial charge on any atom is 0.188 e. The molecule has 5 rings (SSSR count). The van der Waals surface area contributed by atoms with Gasteiger partial charge in [-0.05, 0) is 31.4 Å². The Hall–Kier alpha value is -2.96. The third kappa shape index (κ3) is 3.32. The van der Waals surface area contributed by atoms with Gasteiger partial charge in [-0.15, -0.1) is 11.3 Å². The number of hydrogen-bond acceptors (Lipinski definition) is 6. The summed E-state index contributed by atoms with van der Waals surface area (Å²) in [6.45, 7) is 6.03. The summed E-state index contributed by atoms with van der Waals surface area (Å²) in [5, 5.41) is 4.76. The van der Waals surface area contributed by atoms with E-state index in [1.54, 1.807) is 16.3 Å². The van der Waals surface area contributed by atoms with Crippen LogP contribution < -0.4 is 5.84 Å². The minimum absolute atomic E-state index is 0.302. The van der Waals surface area contributed by atoms with Crippen LogP contribution in [0.5, 0.6) is 0 Å². The first-order valence-corrected chi connectivity index (χ1v) is 11.1. The van der Waals surface area contributed by atoms with Crippen molar-refractivity contribution >= 4 is 17.2 Å². The third-order valence-electron chi connectivity index (χ3n) is 6.02. The van der Waals surface area contributed by atoms with Gasteiger partial charge in [-0.25, -0.2) is 15.8 Å². The number of hydrogen-bond donors (Lipinski definition) is 1. The van der Waals surface area contributed by atoms with Gasteiger partial charge in [0.05, 0.1) is 5.69 Å². The number of benzene rings is 2. The molecule has 2 aliphatic heterocycles. The fourth-order valence-electron chi connectivity index (χ4n) is 4.13. The fraction of sp³-hybridized carbons (Fsp3) is 0.250. The molecule has 1 aromatic heterocycles. The number of fused-ring (bicyclic) bond motifs is 1. The lowest BCUT2D eigenvalue weighted by Crippen LogP contribution is -2.44. The van der Waals surface area contributed by atoms with E-state index < -0.39 is 0 Å². The Morgan fingerprint density at radius 3 is 2.53 bits per heavy atom. The van der Waals surface area contributed by atoms with E-state index in [0.717, 1.165) is 52.9 Å². The molecule has 0 bridgehead atoms. The molecule has 2 aliphatic rings. The minimum Gasteiger partial charge on any atom is -0.352 e. The SMILES string of the molecule is CC1=C(C)N(N)C(c2nc(-c3ccccc3)cs2)N=C1N1CCc2ccccc2C1. The van der Waals surface area contributed by atoms with E-state index in [9.17, 15) is 0 Å². The van der Waals surface area contributed by atoms with Crippen LogP contribution >= 0.6 is 11.3 Å². The van der Waals surface area contributed by atoms with E-state index in [4.69, 9.17) is 15.8 Å². The molecule has 0 saturated heterocycles. The van der Waals surface area contributed by atoms with Gasteiger partial charge in [-0.3, -0.25) is 5.01 Å². The number of rotatable bonds is 2. The molecular weight excluding hydrogens is 390 g/mol. The highest BCUT2D eigenvalue weighted by molar-refractivity contribution is 7.10. The Morgan fingerprint density at radius 1 is 1.00 bits per heavy atom. The fourth-order valence-corrected chi connectivity index (χ4v) is 4.99. The van der Waals surface area contributed by atoms with Gasteiger partial charge >= 0.3 is 0 Å². The van der Waals surface area contributed by atoms with Crippen molar-refractivity contribution in [2.24, 2.45) is 10.8 Å². The molecule has 30 heavy (non-hydrogen) atoms. The minimum atomic E-state index is -0.302. The Kier molecular flexibility index (Phi) is 4.89. The lowest BCUT2D eigenvalue weighted by atomic mass is 9.99. The van der Waals surface area contributed by atoms with Crippen LogP contribution in [0.4, 0.5) is 0 Å². The van der Waals surface area contributed by atoms with E-state index in [0.29, 0.717) is 0 Å². The van der Waals surface area contributed by atoms with E-state index >= 15 is 0 Å². The van der Waals surface area contributed by atoms with Crippen molar-refractivity contribution in [1.82, 2.24) is 14.9 Å². The molecule has 0 saturated carbocycles. The smallest absolute Gasteiger partial charge is 0.188 e. The van der Waals surface area contributed by atoms with Crippen molar-refractivity contribution in [3.63, 3.8) is 0 Å². The molecule has 0 amide bonds. The number of amidine groups is 1. The summed E-state index contributed by atoms with van der Waals surface area (Å²) in [7, 11) is 0. The lowest BCUT2D eigenvalue weighted by molar-refractivity contribution is 0.255. The Bertz CT molecular complexity index is 1130. The van der Waals surface area contributed by atoms with E-state index in [1.807, 2.05) is 18.2 Å². The molecule has 0 aliphatic carbocycles. The van der Waals surface area contributed by atoms with Crippen molar-refractivity contribution in [2.45, 2.75) is 33.0 Å². The number of aliphatic imine (C=N–C) groups is 1. The van der Waals surface area contributed by atoms with Gasteiger partial charge < -0.3 is 4.90 Å². The lowest BCUT2D eigenvalue weighted by Gasteiger charge is -2.38. The van der Waals surface area contributed by atoms with Crippen molar-refractivity contribution in [1.29, 1.82) is 0 Å². The summed E-state index contributed by atoms with van der Waals surface area (Å²) in [5.41, 5.74) is 7.07. The first kappa shape index (κ1) is 19.0. The van der Waals surface area contributed by atoms with Crippen molar-refractivity contribution < 1.29 is 0 Å². The van der Waals surface area contributed by atoms with Crippen LogP contribution in [-0.2, 0) is 13.0 Å². The van der Waals surface area contributed by atoms with Crippen LogP contribution in [0.15, 0.2) is 76.2 Å². The Balaban J connectivity index is 1.48. The second kappa shape index (κ2) is 7.70. The number of nitrogens with two attached hydrogens (primary N) is 1. The van der Waals surface area contributed by atoms with Crippen molar-refractivity contribution in [3.05, 3.63) is 87.4 Å². The molecule has 2 N–H and O–H groups in total. The molecule has 2 aromatic carbocycles. The molecule has 1 unspecified atom stereocenters. The Morgan fingerprint density at radius 2 is 1.73 bits per heavy atom. The summed E-state index contributed by atoms with van der Waals surface area (Å²) >= 11 is 1.61. The maximum absolute atomic E-state index is 6.48. The quantitative estimate of drug-likeness (QED) is 0.614. The molecule has 152 valence electrons. The molecule has 1 atom stereocenters. The zero-order valence-corrected chi connectivity index (χ0v) is 18.1. The van der Waals surface area contributed by atoms with Crippen molar-refractivity contribution in [3.8, 4) is 11.3 Å². The predicted molar refractivity (Wildman–Crippen MR) is 123 cm³/mol. The highest BCUT2D eigenvalue weighted by Crippen LogP contribution is 2.35. The standard InChI is InChI=1S/C24H25N5S/c1-16-17(2)29(25)23(24-26-21(15-30-24)19-9-4-3-5-10-19)27-22(16)28-13-12-18-8-6-7-11-20(18)14-28/h3-11,15,23H,12-14,25H2,1-2H3. The first-order valence-electron chi connectivity index (χ1n) is 10.2. The predicted octanol–water partition coefficient (Wildman–Crippen LogP) is 4.75. The number of allylic oxidation sites excluding steroid dienone is 1. The molecule has 0 fully saturated rings. The zero-order valence-electron chi connectivity index (χ0n) is 17.2. The summed E-state index contributed by atoms with van der Waals surface area (Å²) in [6, 6.07) is 18.9. The summed E-state index contributed by atoms with van der Waals surface area (Å²) in [5.74, 6) is 7.51. The van der Waals surface area contributed by atoms with Gasteiger partial charge in [0.2, 0.25) is 0 Å². The highest BCUT2D eigenvalue weighted by Gasteiger charge is 2.31. The number of thiazole rings is 1. The van der Waals surface area contributed by atoms with Gasteiger partial charge in [-0.2, -0.15) is 0 Å². The van der Waals surface area contributed by atoms with Crippen LogP contribution in [0.25, 0.3) is 11.3 Å². The van der Waals surface area contributed by atoms with Crippen molar-refractivity contribution in [2.75, 3.05) is 6.54 Å². The van der Waals surface area contributed by atoms with Gasteiger partial charge in [0.25, 0.3) is 0 Å². The van der Waals surface area contributed by atoms with E-state index in [-0.39, 0.29) is 6.17 Å². The normalized spacial score (nSPS) is 19.0. The monoisotopic (exact) mass is 415 g/mol. The second-order valence-corrected chi connectivity index (χ2v) is 8.71. The molecular formula is C24H25N5S. The molecule has 0 spiro atoms.